The third kappa shape index (κ3) is 4.21. The Balaban J connectivity index is 1.19. The number of nitrogens with zero attached hydrogens (tertiary/aromatic N) is 5. The Bertz CT molecular complexity index is 1030. The van der Waals surface area contributed by atoms with Gasteiger partial charge in [0, 0.05) is 38.3 Å². The monoisotopic (exact) mass is 475 g/mol. The zero-order valence-electron chi connectivity index (χ0n) is 17.6. The molecular weight excluding hydrogens is 452 g/mol. The molecule has 168 valence electrons. The molecule has 32 heavy (non-hydrogen) atoms. The first kappa shape index (κ1) is 21.6. The van der Waals surface area contributed by atoms with Crippen LogP contribution in [0.3, 0.4) is 0 Å². The second kappa shape index (κ2) is 8.96. The Labute approximate surface area is 196 Å². The lowest BCUT2D eigenvalue weighted by Crippen LogP contribution is -2.56. The number of piperazine rings is 1. The van der Waals surface area contributed by atoms with Gasteiger partial charge in [0.1, 0.15) is 0 Å². The molecule has 0 radical (unpaired) electrons. The van der Waals surface area contributed by atoms with Gasteiger partial charge < -0.3 is 9.80 Å². The van der Waals surface area contributed by atoms with E-state index in [9.17, 15) is 9.18 Å². The summed E-state index contributed by atoms with van der Waals surface area (Å²) in [5.74, 6) is 0.295. The molecule has 2 fully saturated rings. The van der Waals surface area contributed by atoms with Crippen molar-refractivity contribution in [2.75, 3.05) is 37.6 Å². The fraction of sp³-hybridized carbons (Fsp3) is 0.435. The van der Waals surface area contributed by atoms with Gasteiger partial charge in [-0.25, -0.2) is 14.4 Å². The Kier molecular flexibility index (Phi) is 6.05. The van der Waals surface area contributed by atoms with Crippen molar-refractivity contribution in [2.24, 2.45) is 0 Å². The number of benzene rings is 1. The third-order valence-electron chi connectivity index (χ3n) is 6.61. The number of carbonyl (C=O) groups is 1. The first-order valence-corrected chi connectivity index (χ1v) is 11.6. The van der Waals surface area contributed by atoms with Gasteiger partial charge in [-0.3, -0.25) is 9.69 Å². The maximum absolute atomic E-state index is 13.2. The minimum absolute atomic E-state index is 0.142. The number of hydrogen-bond donors (Lipinski definition) is 0. The number of halogens is 3. The first-order valence-electron chi connectivity index (χ1n) is 10.9. The van der Waals surface area contributed by atoms with E-state index in [1.807, 2.05) is 17.0 Å². The van der Waals surface area contributed by atoms with Crippen molar-refractivity contribution in [3.8, 4) is 0 Å². The van der Waals surface area contributed by atoms with Gasteiger partial charge in [0.15, 0.2) is 5.82 Å². The summed E-state index contributed by atoms with van der Waals surface area (Å²) in [7, 11) is 0. The fourth-order valence-corrected chi connectivity index (χ4v) is 5.49. The van der Waals surface area contributed by atoms with E-state index < -0.39 is 5.82 Å². The van der Waals surface area contributed by atoms with Crippen LogP contribution in [0.25, 0.3) is 5.57 Å². The molecule has 4 heterocycles. The molecule has 0 N–H and O–H groups in total. The third-order valence-corrected chi connectivity index (χ3v) is 7.43. The smallest absolute Gasteiger partial charge is 0.237 e. The normalized spacial score (nSPS) is 23.4. The average molecular weight is 476 g/mol. The Hall–Kier alpha value is -2.22. The van der Waals surface area contributed by atoms with E-state index in [1.165, 1.54) is 12.4 Å². The zero-order chi connectivity index (χ0) is 22.2. The summed E-state index contributed by atoms with van der Waals surface area (Å²) in [6.07, 6.45) is 7.33. The molecule has 0 aliphatic carbocycles. The molecular formula is C23H24Cl2FN5O. The molecule has 0 saturated carbocycles. The summed E-state index contributed by atoms with van der Waals surface area (Å²) in [5.41, 5.74) is 2.08. The maximum Gasteiger partial charge on any atom is 0.237 e. The van der Waals surface area contributed by atoms with E-state index in [0.29, 0.717) is 35.6 Å². The van der Waals surface area contributed by atoms with Gasteiger partial charge in [0.25, 0.3) is 0 Å². The highest BCUT2D eigenvalue weighted by Crippen LogP contribution is 2.34. The zero-order valence-corrected chi connectivity index (χ0v) is 19.1. The SMILES string of the molecule is O=C(CN1CC2CCC(C1)N2c1ncc(F)cn1)N1CC=C(c2cccc(Cl)c2Cl)CC1. The Morgan fingerprint density at radius 1 is 1.12 bits per heavy atom. The molecule has 1 aromatic carbocycles. The van der Waals surface area contributed by atoms with Crippen molar-refractivity contribution < 1.29 is 9.18 Å². The largest absolute Gasteiger partial charge is 0.338 e. The minimum atomic E-state index is -0.429. The lowest BCUT2D eigenvalue weighted by atomic mass is 9.99. The van der Waals surface area contributed by atoms with Gasteiger partial charge in [-0.05, 0) is 36.5 Å². The summed E-state index contributed by atoms with van der Waals surface area (Å²) in [6.45, 7) is 3.23. The molecule has 3 aliphatic rings. The van der Waals surface area contributed by atoms with E-state index >= 15 is 0 Å². The number of fused-ring (bicyclic) bond motifs is 2. The number of likely N-dealkylation sites (tertiary alicyclic amines) is 1. The van der Waals surface area contributed by atoms with Gasteiger partial charge in [-0.2, -0.15) is 0 Å². The highest BCUT2D eigenvalue weighted by atomic mass is 35.5. The second-order valence-corrected chi connectivity index (χ2v) is 9.39. The molecule has 1 amide bonds. The molecule has 2 unspecified atom stereocenters. The molecule has 1 aromatic heterocycles. The van der Waals surface area contributed by atoms with Crippen LogP contribution in [0.1, 0.15) is 24.8 Å². The standard InChI is InChI=1S/C23H24Cl2FN5O/c24-20-3-1-2-19(22(20)25)15-6-8-30(9-7-15)21(32)14-29-12-17-4-5-18(13-29)31(17)23-27-10-16(26)11-28-23/h1-3,6,10-11,17-18H,4-5,7-9,12-14H2. The summed E-state index contributed by atoms with van der Waals surface area (Å²) >= 11 is 12.5. The molecule has 2 bridgehead atoms. The quantitative estimate of drug-likeness (QED) is 0.671. The number of amides is 1. The predicted octanol–water partition coefficient (Wildman–Crippen LogP) is 3.89. The van der Waals surface area contributed by atoms with Crippen LogP contribution in [-0.4, -0.2) is 70.5 Å². The fourth-order valence-electron chi connectivity index (χ4n) is 5.07. The molecule has 3 aliphatic heterocycles. The minimum Gasteiger partial charge on any atom is -0.338 e. The summed E-state index contributed by atoms with van der Waals surface area (Å²) < 4.78 is 13.2. The van der Waals surface area contributed by atoms with Crippen molar-refractivity contribution in [1.29, 1.82) is 0 Å². The van der Waals surface area contributed by atoms with Gasteiger partial charge >= 0.3 is 0 Å². The average Bonchev–Trinajstić information content (AvgIpc) is 3.06. The highest BCUT2D eigenvalue weighted by Gasteiger charge is 2.41. The van der Waals surface area contributed by atoms with E-state index in [-0.39, 0.29) is 18.0 Å². The highest BCUT2D eigenvalue weighted by molar-refractivity contribution is 6.43. The van der Waals surface area contributed by atoms with Crippen LogP contribution >= 0.6 is 23.2 Å². The number of carbonyl (C=O) groups excluding carboxylic acids is 1. The predicted molar refractivity (Wildman–Crippen MR) is 123 cm³/mol. The van der Waals surface area contributed by atoms with Gasteiger partial charge in [-0.1, -0.05) is 41.4 Å². The van der Waals surface area contributed by atoms with Crippen molar-refractivity contribution in [1.82, 2.24) is 19.8 Å². The van der Waals surface area contributed by atoms with Crippen LogP contribution in [0.15, 0.2) is 36.7 Å². The van der Waals surface area contributed by atoms with Gasteiger partial charge in [0.2, 0.25) is 11.9 Å². The summed E-state index contributed by atoms with van der Waals surface area (Å²) in [6, 6.07) is 6.15. The number of aromatic nitrogens is 2. The van der Waals surface area contributed by atoms with Crippen LogP contribution in [0.4, 0.5) is 10.3 Å². The maximum atomic E-state index is 13.2. The van der Waals surface area contributed by atoms with Crippen LogP contribution < -0.4 is 4.90 Å². The van der Waals surface area contributed by atoms with Gasteiger partial charge in [0.05, 0.1) is 29.0 Å². The van der Waals surface area contributed by atoms with Crippen LogP contribution in [-0.2, 0) is 4.79 Å². The Morgan fingerprint density at radius 3 is 2.50 bits per heavy atom. The lowest BCUT2D eigenvalue weighted by Gasteiger charge is -2.41. The van der Waals surface area contributed by atoms with Crippen LogP contribution in [0.5, 0.6) is 0 Å². The number of rotatable bonds is 4. The van der Waals surface area contributed by atoms with E-state index in [2.05, 4.69) is 25.8 Å². The first-order chi connectivity index (χ1) is 15.5. The van der Waals surface area contributed by atoms with E-state index in [0.717, 1.165) is 43.5 Å². The van der Waals surface area contributed by atoms with Crippen LogP contribution in [0.2, 0.25) is 10.0 Å². The summed E-state index contributed by atoms with van der Waals surface area (Å²) in [4.78, 5) is 27.7. The van der Waals surface area contributed by atoms with E-state index in [1.54, 1.807) is 6.07 Å². The molecule has 5 rings (SSSR count). The molecule has 0 spiro atoms. The molecule has 2 atom stereocenters. The number of hydrogen-bond acceptors (Lipinski definition) is 5. The number of anilines is 1. The topological polar surface area (TPSA) is 52.6 Å². The van der Waals surface area contributed by atoms with E-state index in [4.69, 9.17) is 23.2 Å². The summed E-state index contributed by atoms with van der Waals surface area (Å²) in [5, 5.41) is 1.11. The molecule has 2 saturated heterocycles. The Morgan fingerprint density at radius 2 is 1.84 bits per heavy atom. The van der Waals surface area contributed by atoms with Gasteiger partial charge in [-0.15, -0.1) is 0 Å². The lowest BCUT2D eigenvalue weighted by molar-refractivity contribution is -0.132. The van der Waals surface area contributed by atoms with Crippen molar-refractivity contribution >= 4 is 40.6 Å². The molecule has 6 nitrogen and oxygen atoms in total. The second-order valence-electron chi connectivity index (χ2n) is 8.61. The molecule has 9 heteroatoms. The van der Waals surface area contributed by atoms with Crippen molar-refractivity contribution in [3.05, 3.63) is 58.1 Å². The van der Waals surface area contributed by atoms with Crippen molar-refractivity contribution in [3.63, 3.8) is 0 Å². The molecule has 2 aromatic rings. The van der Waals surface area contributed by atoms with Crippen LogP contribution in [0, 0.1) is 5.82 Å². The van der Waals surface area contributed by atoms with Crippen molar-refractivity contribution in [2.45, 2.75) is 31.3 Å².